The summed E-state index contributed by atoms with van der Waals surface area (Å²) in [5, 5.41) is 0. The lowest BCUT2D eigenvalue weighted by atomic mass is 10.1. The van der Waals surface area contributed by atoms with E-state index in [2.05, 4.69) is 22.5 Å². The highest BCUT2D eigenvalue weighted by Gasteiger charge is 2.14. The number of ether oxygens (including phenoxy) is 1. The zero-order valence-electron chi connectivity index (χ0n) is 12.3. The molecule has 0 saturated heterocycles. The summed E-state index contributed by atoms with van der Waals surface area (Å²) in [5.41, 5.74) is 2.34. The van der Waals surface area contributed by atoms with Gasteiger partial charge < -0.3 is 4.74 Å². The average Bonchev–Trinajstić information content (AvgIpc) is 2.53. The van der Waals surface area contributed by atoms with Gasteiger partial charge in [-0.1, -0.05) is 71.0 Å². The van der Waals surface area contributed by atoms with Crippen molar-refractivity contribution >= 4 is 28.0 Å². The molecular formula is C19H17BrO2. The normalized spacial score (nSPS) is 12.1. The average molecular weight is 357 g/mol. The zero-order chi connectivity index (χ0) is 15.9. The number of halogens is 1. The molecule has 2 rings (SSSR count). The summed E-state index contributed by atoms with van der Waals surface area (Å²) in [7, 11) is 0. The summed E-state index contributed by atoms with van der Waals surface area (Å²) < 4.78 is 6.50. The van der Waals surface area contributed by atoms with Gasteiger partial charge in [-0.25, -0.2) is 4.79 Å². The minimum atomic E-state index is -0.447. The van der Waals surface area contributed by atoms with Crippen LogP contribution in [0.1, 0.15) is 24.2 Å². The van der Waals surface area contributed by atoms with Crippen molar-refractivity contribution in [2.45, 2.75) is 13.0 Å². The number of hydrogen-bond acceptors (Lipinski definition) is 2. The largest absolute Gasteiger partial charge is 0.450 e. The molecule has 0 saturated carbocycles. The predicted octanol–water partition coefficient (Wildman–Crippen LogP) is 5.32. The van der Waals surface area contributed by atoms with Gasteiger partial charge in [0.2, 0.25) is 0 Å². The van der Waals surface area contributed by atoms with Gasteiger partial charge in [0.15, 0.2) is 0 Å². The van der Waals surface area contributed by atoms with Gasteiger partial charge in [0, 0.05) is 10.0 Å². The SMILES string of the molecule is C=C(C)C(=O)OC(C=Cc1ccccc1)c1ccc(Br)cc1. The van der Waals surface area contributed by atoms with Crippen molar-refractivity contribution in [3.05, 3.63) is 88.4 Å². The van der Waals surface area contributed by atoms with Crippen molar-refractivity contribution in [1.29, 1.82) is 0 Å². The Kier molecular flexibility index (Phi) is 5.73. The first-order valence-corrected chi connectivity index (χ1v) is 7.71. The second-order valence-corrected chi connectivity index (χ2v) is 5.84. The van der Waals surface area contributed by atoms with E-state index in [4.69, 9.17) is 4.74 Å². The van der Waals surface area contributed by atoms with Crippen LogP contribution in [0.5, 0.6) is 0 Å². The molecule has 112 valence electrons. The van der Waals surface area contributed by atoms with Gasteiger partial charge in [-0.05, 0) is 36.3 Å². The molecule has 0 fully saturated rings. The Bertz CT molecular complexity index is 672. The van der Waals surface area contributed by atoms with Crippen LogP contribution in [0.2, 0.25) is 0 Å². The van der Waals surface area contributed by atoms with Gasteiger partial charge in [0.1, 0.15) is 6.10 Å². The van der Waals surface area contributed by atoms with Crippen LogP contribution in [-0.2, 0) is 9.53 Å². The second kappa shape index (κ2) is 7.76. The molecule has 0 aromatic heterocycles. The smallest absolute Gasteiger partial charge is 0.334 e. The Morgan fingerprint density at radius 1 is 1.14 bits per heavy atom. The van der Waals surface area contributed by atoms with E-state index >= 15 is 0 Å². The number of hydrogen-bond donors (Lipinski definition) is 0. The highest BCUT2D eigenvalue weighted by molar-refractivity contribution is 9.10. The van der Waals surface area contributed by atoms with Crippen LogP contribution in [0.15, 0.2) is 77.3 Å². The predicted molar refractivity (Wildman–Crippen MR) is 93.3 cm³/mol. The van der Waals surface area contributed by atoms with E-state index in [9.17, 15) is 4.79 Å². The summed E-state index contributed by atoms with van der Waals surface area (Å²) >= 11 is 3.40. The quantitative estimate of drug-likeness (QED) is 0.535. The van der Waals surface area contributed by atoms with Gasteiger partial charge >= 0.3 is 5.97 Å². The standard InChI is InChI=1S/C19H17BrO2/c1-14(2)19(21)22-18(16-9-11-17(20)12-10-16)13-8-15-6-4-3-5-7-15/h3-13,18H,1H2,2H3. The second-order valence-electron chi connectivity index (χ2n) is 4.93. The van der Waals surface area contributed by atoms with Gasteiger partial charge in [-0.15, -0.1) is 0 Å². The Labute approximate surface area is 139 Å². The molecule has 1 atom stereocenters. The molecule has 0 heterocycles. The maximum Gasteiger partial charge on any atom is 0.334 e. The number of carbonyl (C=O) groups excluding carboxylic acids is 1. The third-order valence-corrected chi connectivity index (χ3v) is 3.57. The molecule has 2 aromatic rings. The zero-order valence-corrected chi connectivity index (χ0v) is 13.9. The summed E-state index contributed by atoms with van der Waals surface area (Å²) in [6.07, 6.45) is 3.37. The molecule has 0 radical (unpaired) electrons. The van der Waals surface area contributed by atoms with E-state index in [1.165, 1.54) is 0 Å². The number of rotatable bonds is 5. The first kappa shape index (κ1) is 16.2. The third kappa shape index (κ3) is 4.71. The maximum atomic E-state index is 11.8. The van der Waals surface area contributed by atoms with Crippen molar-refractivity contribution in [3.63, 3.8) is 0 Å². The number of carbonyl (C=O) groups is 1. The Morgan fingerprint density at radius 2 is 1.77 bits per heavy atom. The Balaban J connectivity index is 2.25. The van der Waals surface area contributed by atoms with E-state index in [0.717, 1.165) is 15.6 Å². The molecule has 0 spiro atoms. The fraction of sp³-hybridized carbons (Fsp3) is 0.105. The van der Waals surface area contributed by atoms with Crippen LogP contribution in [0.4, 0.5) is 0 Å². The highest BCUT2D eigenvalue weighted by atomic mass is 79.9. The van der Waals surface area contributed by atoms with E-state index in [1.807, 2.05) is 66.7 Å². The lowest BCUT2D eigenvalue weighted by Gasteiger charge is -2.15. The molecular weight excluding hydrogens is 340 g/mol. The van der Waals surface area contributed by atoms with Crippen molar-refractivity contribution in [1.82, 2.24) is 0 Å². The van der Waals surface area contributed by atoms with Crippen LogP contribution >= 0.6 is 15.9 Å². The van der Waals surface area contributed by atoms with E-state index in [0.29, 0.717) is 5.57 Å². The van der Waals surface area contributed by atoms with Crippen molar-refractivity contribution in [2.75, 3.05) is 0 Å². The molecule has 0 amide bonds. The molecule has 0 bridgehead atoms. The number of benzene rings is 2. The molecule has 2 aromatic carbocycles. The minimum absolute atomic E-state index is 0.384. The summed E-state index contributed by atoms with van der Waals surface area (Å²) in [5.74, 6) is -0.398. The van der Waals surface area contributed by atoms with E-state index in [-0.39, 0.29) is 0 Å². The van der Waals surface area contributed by atoms with Crippen LogP contribution in [0, 0.1) is 0 Å². The summed E-state index contributed by atoms with van der Waals surface area (Å²) in [6.45, 7) is 5.27. The lowest BCUT2D eigenvalue weighted by Crippen LogP contribution is -2.10. The van der Waals surface area contributed by atoms with Crippen LogP contribution in [-0.4, -0.2) is 5.97 Å². The monoisotopic (exact) mass is 356 g/mol. The highest BCUT2D eigenvalue weighted by Crippen LogP contribution is 2.23. The fourth-order valence-electron chi connectivity index (χ4n) is 1.85. The Hall–Kier alpha value is -2.13. The van der Waals surface area contributed by atoms with Crippen molar-refractivity contribution in [2.24, 2.45) is 0 Å². The molecule has 0 N–H and O–H groups in total. The molecule has 0 aliphatic carbocycles. The van der Waals surface area contributed by atoms with Crippen LogP contribution in [0.25, 0.3) is 6.08 Å². The van der Waals surface area contributed by atoms with Gasteiger partial charge in [0.05, 0.1) is 0 Å². The molecule has 0 aliphatic heterocycles. The number of esters is 1. The first-order chi connectivity index (χ1) is 10.6. The summed E-state index contributed by atoms with van der Waals surface area (Å²) in [6, 6.07) is 17.6. The van der Waals surface area contributed by atoms with E-state index < -0.39 is 12.1 Å². The van der Waals surface area contributed by atoms with Crippen molar-refractivity contribution < 1.29 is 9.53 Å². The van der Waals surface area contributed by atoms with Crippen LogP contribution in [0.3, 0.4) is 0 Å². The first-order valence-electron chi connectivity index (χ1n) is 6.91. The van der Waals surface area contributed by atoms with Gasteiger partial charge in [0.25, 0.3) is 0 Å². The van der Waals surface area contributed by atoms with Crippen LogP contribution < -0.4 is 0 Å². The third-order valence-electron chi connectivity index (χ3n) is 3.04. The minimum Gasteiger partial charge on any atom is -0.450 e. The van der Waals surface area contributed by atoms with E-state index in [1.54, 1.807) is 6.92 Å². The van der Waals surface area contributed by atoms with Gasteiger partial charge in [-0.3, -0.25) is 0 Å². The lowest BCUT2D eigenvalue weighted by molar-refractivity contribution is -0.142. The topological polar surface area (TPSA) is 26.3 Å². The Morgan fingerprint density at radius 3 is 2.36 bits per heavy atom. The summed E-state index contributed by atoms with van der Waals surface area (Å²) in [4.78, 5) is 11.8. The van der Waals surface area contributed by atoms with Crippen molar-refractivity contribution in [3.8, 4) is 0 Å². The maximum absolute atomic E-state index is 11.8. The molecule has 22 heavy (non-hydrogen) atoms. The molecule has 3 heteroatoms. The van der Waals surface area contributed by atoms with Gasteiger partial charge in [-0.2, -0.15) is 0 Å². The molecule has 2 nitrogen and oxygen atoms in total. The molecule has 0 aliphatic rings. The molecule has 1 unspecified atom stereocenters. The fourth-order valence-corrected chi connectivity index (χ4v) is 2.11.